The normalized spacial score (nSPS) is 19.6. The number of carbonyl (C=O) groups is 1. The Morgan fingerprint density at radius 3 is 2.70 bits per heavy atom. The number of benzene rings is 1. The fourth-order valence-corrected chi connectivity index (χ4v) is 4.51. The molecule has 1 aliphatic heterocycles. The van der Waals surface area contributed by atoms with Crippen LogP contribution in [0, 0.1) is 13.8 Å². The van der Waals surface area contributed by atoms with E-state index in [1.165, 1.54) is 11.3 Å². The highest BCUT2D eigenvalue weighted by molar-refractivity contribution is 7.13. The molecule has 1 fully saturated rings. The summed E-state index contributed by atoms with van der Waals surface area (Å²) in [5.74, 6) is 1.40. The van der Waals surface area contributed by atoms with Crippen molar-refractivity contribution < 1.29 is 9.63 Å². The minimum absolute atomic E-state index is 0.0127. The summed E-state index contributed by atoms with van der Waals surface area (Å²) in [5.41, 5.74) is 2.41. The molecule has 0 spiro atoms. The number of hydrogen-bond donors (Lipinski definition) is 0. The van der Waals surface area contributed by atoms with Gasteiger partial charge < -0.3 is 4.90 Å². The Morgan fingerprint density at radius 2 is 1.97 bits per heavy atom. The van der Waals surface area contributed by atoms with Crippen molar-refractivity contribution in [3.05, 3.63) is 59.0 Å². The van der Waals surface area contributed by atoms with Crippen LogP contribution in [0.3, 0.4) is 0 Å². The zero-order valence-corrected chi connectivity index (χ0v) is 18.4. The predicted octanol–water partition coefficient (Wildman–Crippen LogP) is 3.89. The molecule has 1 aromatic carbocycles. The maximum atomic E-state index is 13.6. The number of thiazole rings is 1. The standard InChI is InChI=1S/C22H25N5O2S/c1-14-11-20(25-17(4)24-14)26-12-15(2)27(16(3)13-29-26)22(28)19-8-6-5-7-18(19)21-23-9-10-30-21/h5-11,15-16H,12-13H2,1-4H3/t15-,16+/m0/s1. The van der Waals surface area contributed by atoms with Gasteiger partial charge in [-0.2, -0.15) is 0 Å². The lowest BCUT2D eigenvalue weighted by atomic mass is 10.0. The monoisotopic (exact) mass is 423 g/mol. The van der Waals surface area contributed by atoms with E-state index in [0.717, 1.165) is 22.1 Å². The number of nitrogens with zero attached hydrogens (tertiary/aromatic N) is 5. The molecule has 1 saturated heterocycles. The molecule has 8 heteroatoms. The van der Waals surface area contributed by atoms with Crippen LogP contribution in [0.5, 0.6) is 0 Å². The van der Waals surface area contributed by atoms with Crippen molar-refractivity contribution in [2.24, 2.45) is 0 Å². The van der Waals surface area contributed by atoms with Gasteiger partial charge in [-0.05, 0) is 33.8 Å². The van der Waals surface area contributed by atoms with Crippen LogP contribution in [0.4, 0.5) is 5.82 Å². The van der Waals surface area contributed by atoms with Gasteiger partial charge in [0, 0.05) is 40.5 Å². The lowest BCUT2D eigenvalue weighted by molar-refractivity contribution is 0.0546. The van der Waals surface area contributed by atoms with E-state index >= 15 is 0 Å². The van der Waals surface area contributed by atoms with Crippen molar-refractivity contribution in [1.82, 2.24) is 19.9 Å². The van der Waals surface area contributed by atoms with Crippen molar-refractivity contribution in [2.45, 2.75) is 39.8 Å². The van der Waals surface area contributed by atoms with Gasteiger partial charge in [0.2, 0.25) is 0 Å². The fraction of sp³-hybridized carbons (Fsp3) is 0.364. The van der Waals surface area contributed by atoms with E-state index < -0.39 is 0 Å². The van der Waals surface area contributed by atoms with Gasteiger partial charge in [-0.15, -0.1) is 11.3 Å². The first-order chi connectivity index (χ1) is 14.4. The van der Waals surface area contributed by atoms with Gasteiger partial charge in [0.05, 0.1) is 19.2 Å². The summed E-state index contributed by atoms with van der Waals surface area (Å²) < 4.78 is 0. The molecule has 4 rings (SSSR count). The number of aryl methyl sites for hydroxylation is 2. The Morgan fingerprint density at radius 1 is 1.17 bits per heavy atom. The summed E-state index contributed by atoms with van der Waals surface area (Å²) in [5, 5.41) is 4.55. The highest BCUT2D eigenvalue weighted by Crippen LogP contribution is 2.29. The molecule has 0 radical (unpaired) electrons. The number of hydrogen-bond acceptors (Lipinski definition) is 7. The predicted molar refractivity (Wildman–Crippen MR) is 117 cm³/mol. The molecule has 3 aromatic rings. The van der Waals surface area contributed by atoms with Crippen LogP contribution >= 0.6 is 11.3 Å². The van der Waals surface area contributed by atoms with Gasteiger partial charge in [-0.3, -0.25) is 9.63 Å². The highest BCUT2D eigenvalue weighted by Gasteiger charge is 2.33. The van der Waals surface area contributed by atoms with Gasteiger partial charge in [-0.25, -0.2) is 20.0 Å². The SMILES string of the molecule is Cc1cc(N2C[C@H](C)N(C(=O)c3ccccc3-c3nccs3)[C@H](C)CO2)nc(C)n1. The molecular formula is C22H25N5O2S. The topological polar surface area (TPSA) is 71.5 Å². The number of anilines is 1. The Balaban J connectivity index is 1.63. The smallest absolute Gasteiger partial charge is 0.255 e. The molecule has 7 nitrogen and oxygen atoms in total. The van der Waals surface area contributed by atoms with E-state index in [2.05, 4.69) is 15.0 Å². The van der Waals surface area contributed by atoms with Crippen LogP contribution in [-0.4, -0.2) is 51.0 Å². The van der Waals surface area contributed by atoms with Crippen molar-refractivity contribution in [1.29, 1.82) is 0 Å². The van der Waals surface area contributed by atoms with Crippen molar-refractivity contribution >= 4 is 23.1 Å². The number of carbonyl (C=O) groups excluding carboxylic acids is 1. The van der Waals surface area contributed by atoms with Crippen LogP contribution < -0.4 is 5.06 Å². The first kappa shape index (κ1) is 20.4. The van der Waals surface area contributed by atoms with Crippen LogP contribution in [0.2, 0.25) is 0 Å². The third-order valence-corrected chi connectivity index (χ3v) is 5.92. The highest BCUT2D eigenvalue weighted by atomic mass is 32.1. The number of hydroxylamine groups is 1. The molecule has 2 atom stereocenters. The van der Waals surface area contributed by atoms with E-state index in [4.69, 9.17) is 4.84 Å². The van der Waals surface area contributed by atoms with E-state index in [9.17, 15) is 4.79 Å². The first-order valence-electron chi connectivity index (χ1n) is 9.98. The molecule has 3 heterocycles. The summed E-state index contributed by atoms with van der Waals surface area (Å²) in [4.78, 5) is 34.8. The zero-order valence-electron chi connectivity index (χ0n) is 17.6. The Kier molecular flexibility index (Phi) is 5.78. The fourth-order valence-electron chi connectivity index (χ4n) is 3.83. The van der Waals surface area contributed by atoms with Crippen LogP contribution in [0.15, 0.2) is 41.9 Å². The van der Waals surface area contributed by atoms with Gasteiger partial charge in [0.15, 0.2) is 5.82 Å². The van der Waals surface area contributed by atoms with Crippen molar-refractivity contribution in [3.63, 3.8) is 0 Å². The van der Waals surface area contributed by atoms with Crippen LogP contribution in [0.25, 0.3) is 10.6 Å². The average Bonchev–Trinajstić information content (AvgIpc) is 3.20. The summed E-state index contributed by atoms with van der Waals surface area (Å²) in [6, 6.07) is 9.40. The van der Waals surface area contributed by atoms with Crippen LogP contribution in [0.1, 0.15) is 35.7 Å². The number of amides is 1. The second-order valence-electron chi connectivity index (χ2n) is 7.56. The van der Waals surface area contributed by atoms with Crippen molar-refractivity contribution in [3.8, 4) is 10.6 Å². The quantitative estimate of drug-likeness (QED) is 0.637. The summed E-state index contributed by atoms with van der Waals surface area (Å²) in [7, 11) is 0. The number of aromatic nitrogens is 3. The number of rotatable bonds is 3. The second-order valence-corrected chi connectivity index (χ2v) is 8.46. The maximum Gasteiger partial charge on any atom is 0.255 e. The zero-order chi connectivity index (χ0) is 21.3. The molecule has 0 saturated carbocycles. The molecule has 30 heavy (non-hydrogen) atoms. The molecule has 0 aliphatic carbocycles. The third-order valence-electron chi connectivity index (χ3n) is 5.11. The first-order valence-corrected chi connectivity index (χ1v) is 10.9. The molecule has 1 aliphatic rings. The minimum atomic E-state index is -0.0918. The molecule has 156 valence electrons. The Bertz CT molecular complexity index is 1020. The van der Waals surface area contributed by atoms with Gasteiger partial charge in [0.25, 0.3) is 5.91 Å². The van der Waals surface area contributed by atoms with Gasteiger partial charge in [-0.1, -0.05) is 18.2 Å². The minimum Gasteiger partial charge on any atom is -0.329 e. The van der Waals surface area contributed by atoms with E-state index in [-0.39, 0.29) is 18.0 Å². The van der Waals surface area contributed by atoms with E-state index in [1.807, 2.05) is 68.3 Å². The van der Waals surface area contributed by atoms with Crippen LogP contribution in [-0.2, 0) is 4.84 Å². The maximum absolute atomic E-state index is 13.6. The third kappa shape index (κ3) is 4.06. The summed E-state index contributed by atoms with van der Waals surface area (Å²) >= 11 is 1.53. The van der Waals surface area contributed by atoms with Gasteiger partial charge in [0.1, 0.15) is 10.8 Å². The van der Waals surface area contributed by atoms with E-state index in [0.29, 0.717) is 24.5 Å². The molecule has 1 amide bonds. The molecular weight excluding hydrogens is 398 g/mol. The van der Waals surface area contributed by atoms with Gasteiger partial charge >= 0.3 is 0 Å². The molecule has 0 N–H and O–H groups in total. The lowest BCUT2D eigenvalue weighted by Crippen LogP contribution is -2.47. The Hall–Kier alpha value is -2.84. The lowest BCUT2D eigenvalue weighted by Gasteiger charge is -2.32. The summed E-state index contributed by atoms with van der Waals surface area (Å²) in [6.45, 7) is 8.77. The average molecular weight is 424 g/mol. The second kappa shape index (κ2) is 8.49. The summed E-state index contributed by atoms with van der Waals surface area (Å²) in [6.07, 6.45) is 1.76. The molecule has 0 bridgehead atoms. The largest absolute Gasteiger partial charge is 0.329 e. The molecule has 2 aromatic heterocycles. The molecule has 0 unspecified atom stereocenters. The Labute approximate surface area is 180 Å². The van der Waals surface area contributed by atoms with E-state index in [1.54, 1.807) is 11.3 Å². The van der Waals surface area contributed by atoms with Crippen molar-refractivity contribution in [2.75, 3.05) is 18.2 Å².